The molecule has 0 aromatic heterocycles. The summed E-state index contributed by atoms with van der Waals surface area (Å²) in [6.07, 6.45) is 0.755. The van der Waals surface area contributed by atoms with Gasteiger partial charge in [-0.15, -0.1) is 0 Å². The molecule has 0 saturated carbocycles. The van der Waals surface area contributed by atoms with Gasteiger partial charge in [0.1, 0.15) is 5.78 Å². The highest BCUT2D eigenvalue weighted by Crippen LogP contribution is 2.01. The van der Waals surface area contributed by atoms with Crippen LogP contribution in [-0.2, 0) is 4.79 Å². The third-order valence-electron chi connectivity index (χ3n) is 1.56. The molecule has 0 aliphatic rings. The molecule has 0 saturated heterocycles. The summed E-state index contributed by atoms with van der Waals surface area (Å²) in [7, 11) is -3.90. The second-order valence-corrected chi connectivity index (χ2v) is 5.42. The summed E-state index contributed by atoms with van der Waals surface area (Å²) in [5.41, 5.74) is 0.735. The number of carbonyl (C=O) groups is 1. The van der Waals surface area contributed by atoms with Crippen molar-refractivity contribution in [1.82, 2.24) is 0 Å². The van der Waals surface area contributed by atoms with Gasteiger partial charge in [0.25, 0.3) is 0 Å². The minimum atomic E-state index is -3.90. The van der Waals surface area contributed by atoms with Crippen molar-refractivity contribution in [2.24, 2.45) is 4.99 Å². The van der Waals surface area contributed by atoms with Crippen LogP contribution in [0, 0.1) is 0 Å². The summed E-state index contributed by atoms with van der Waals surface area (Å²) in [5.74, 6) is 0.0569. The summed E-state index contributed by atoms with van der Waals surface area (Å²) in [6, 6.07) is -0.0101. The van der Waals surface area contributed by atoms with Gasteiger partial charge in [0.2, 0.25) is 0 Å². The van der Waals surface area contributed by atoms with Crippen molar-refractivity contribution in [3.05, 3.63) is 0 Å². The second-order valence-electron chi connectivity index (χ2n) is 3.37. The molecular formula is C8H17NO4Si. The van der Waals surface area contributed by atoms with Crippen molar-refractivity contribution in [2.75, 3.05) is 6.54 Å². The lowest BCUT2D eigenvalue weighted by molar-refractivity contribution is -0.115. The smallest absolute Gasteiger partial charge is 0.390 e. The zero-order chi connectivity index (χ0) is 11.2. The van der Waals surface area contributed by atoms with Gasteiger partial charge in [0.15, 0.2) is 0 Å². The summed E-state index contributed by atoms with van der Waals surface area (Å²) in [4.78, 5) is 40.7. The molecule has 0 fully saturated rings. The Labute approximate surface area is 84.5 Å². The number of hydrogen-bond donors (Lipinski definition) is 3. The van der Waals surface area contributed by atoms with E-state index in [-0.39, 0.29) is 11.8 Å². The van der Waals surface area contributed by atoms with Crippen LogP contribution in [0.1, 0.15) is 26.7 Å². The monoisotopic (exact) mass is 219 g/mol. The molecule has 0 heterocycles. The number of nitrogens with zero attached hydrogens (tertiary/aromatic N) is 1. The lowest BCUT2D eigenvalue weighted by Crippen LogP contribution is -2.34. The van der Waals surface area contributed by atoms with E-state index < -0.39 is 8.80 Å². The summed E-state index contributed by atoms with van der Waals surface area (Å²) < 4.78 is 0. The van der Waals surface area contributed by atoms with Crippen LogP contribution in [0.25, 0.3) is 0 Å². The van der Waals surface area contributed by atoms with E-state index in [0.717, 1.165) is 5.71 Å². The molecule has 0 aromatic rings. The number of carbonyl (C=O) groups excluding carboxylic acids is 1. The Morgan fingerprint density at radius 1 is 1.29 bits per heavy atom. The van der Waals surface area contributed by atoms with Crippen molar-refractivity contribution < 1.29 is 19.2 Å². The first kappa shape index (κ1) is 13.4. The van der Waals surface area contributed by atoms with Crippen LogP contribution >= 0.6 is 0 Å². The molecule has 0 radical (unpaired) electrons. The molecule has 0 spiro atoms. The number of aliphatic imine (C=N–C) groups is 1. The second kappa shape index (κ2) is 6.02. The fraction of sp³-hybridized carbons (Fsp3) is 0.750. The average Bonchev–Trinajstić information content (AvgIpc) is 1.95. The molecule has 0 bridgehead atoms. The Morgan fingerprint density at radius 3 is 2.29 bits per heavy atom. The van der Waals surface area contributed by atoms with E-state index in [1.807, 2.05) is 0 Å². The Kier molecular flexibility index (Phi) is 5.78. The quantitative estimate of drug-likeness (QED) is 0.326. The van der Waals surface area contributed by atoms with Crippen LogP contribution in [0.15, 0.2) is 4.99 Å². The molecule has 0 unspecified atom stereocenters. The highest BCUT2D eigenvalue weighted by atomic mass is 28.4. The zero-order valence-electron chi connectivity index (χ0n) is 8.53. The largest absolute Gasteiger partial charge is 0.492 e. The third-order valence-corrected chi connectivity index (χ3v) is 2.58. The minimum Gasteiger partial charge on any atom is -0.390 e. The molecule has 0 aromatic carbocycles. The van der Waals surface area contributed by atoms with E-state index >= 15 is 0 Å². The number of Topliss-reactive ketones (excluding diaryl/α,β-unsaturated/α-hetero) is 1. The third kappa shape index (κ3) is 9.52. The molecule has 14 heavy (non-hydrogen) atoms. The van der Waals surface area contributed by atoms with Crippen LogP contribution < -0.4 is 0 Å². The SMILES string of the molecule is CC(=O)C/C(C)=N\CCC[Si](O)(O)O. The standard InChI is InChI=1S/C8H17NO4Si/c1-7(6-8(2)10)9-4-3-5-14(11,12)13/h11-13H,3-6H2,1-2H3/b9-7-. The van der Waals surface area contributed by atoms with Crippen LogP contribution in [0.2, 0.25) is 6.04 Å². The lowest BCUT2D eigenvalue weighted by Gasteiger charge is -2.07. The van der Waals surface area contributed by atoms with Gasteiger partial charge in [-0.05, 0) is 20.3 Å². The Bertz CT molecular complexity index is 222. The molecule has 0 amide bonds. The lowest BCUT2D eigenvalue weighted by atomic mass is 10.2. The first-order valence-corrected chi connectivity index (χ1v) is 6.52. The van der Waals surface area contributed by atoms with Crippen LogP contribution in [0.4, 0.5) is 0 Å². The van der Waals surface area contributed by atoms with Crippen molar-refractivity contribution in [3.63, 3.8) is 0 Å². The minimum absolute atomic E-state index is 0.0101. The first-order valence-electron chi connectivity index (χ1n) is 4.48. The first-order chi connectivity index (χ1) is 6.31. The highest BCUT2D eigenvalue weighted by Gasteiger charge is 2.25. The van der Waals surface area contributed by atoms with Gasteiger partial charge in [0, 0.05) is 24.7 Å². The molecular weight excluding hydrogens is 202 g/mol. The molecule has 0 aliphatic carbocycles. The average molecular weight is 219 g/mol. The molecule has 0 aliphatic heterocycles. The molecule has 82 valence electrons. The fourth-order valence-electron chi connectivity index (χ4n) is 1.00. The molecule has 0 rings (SSSR count). The maximum absolute atomic E-state index is 10.7. The van der Waals surface area contributed by atoms with E-state index in [0.29, 0.717) is 19.4 Å². The fourth-order valence-corrected chi connectivity index (χ4v) is 1.63. The Morgan fingerprint density at radius 2 is 1.86 bits per heavy atom. The molecule has 6 heteroatoms. The Hall–Kier alpha value is -0.563. The highest BCUT2D eigenvalue weighted by molar-refractivity contribution is 6.56. The van der Waals surface area contributed by atoms with E-state index in [4.69, 9.17) is 14.4 Å². The number of hydrogen-bond acceptors (Lipinski definition) is 5. The van der Waals surface area contributed by atoms with Crippen molar-refractivity contribution in [1.29, 1.82) is 0 Å². The van der Waals surface area contributed by atoms with Gasteiger partial charge in [-0.3, -0.25) is 9.79 Å². The van der Waals surface area contributed by atoms with Crippen molar-refractivity contribution in [2.45, 2.75) is 32.7 Å². The van der Waals surface area contributed by atoms with E-state index in [1.54, 1.807) is 6.92 Å². The number of ketones is 1. The topological polar surface area (TPSA) is 90.1 Å². The summed E-state index contributed by atoms with van der Waals surface area (Å²) in [5, 5.41) is 0. The molecule has 5 nitrogen and oxygen atoms in total. The van der Waals surface area contributed by atoms with Gasteiger partial charge in [-0.2, -0.15) is 0 Å². The zero-order valence-corrected chi connectivity index (χ0v) is 9.53. The molecule has 0 atom stereocenters. The maximum Gasteiger partial charge on any atom is 0.492 e. The van der Waals surface area contributed by atoms with Gasteiger partial charge in [0.05, 0.1) is 0 Å². The van der Waals surface area contributed by atoms with Gasteiger partial charge in [-0.1, -0.05) is 0 Å². The van der Waals surface area contributed by atoms with Gasteiger partial charge >= 0.3 is 8.80 Å². The van der Waals surface area contributed by atoms with Gasteiger partial charge < -0.3 is 14.4 Å². The predicted molar refractivity (Wildman–Crippen MR) is 55.1 cm³/mol. The van der Waals surface area contributed by atoms with Crippen LogP contribution in [0.5, 0.6) is 0 Å². The summed E-state index contributed by atoms with van der Waals surface area (Å²) >= 11 is 0. The predicted octanol–water partition coefficient (Wildman–Crippen LogP) is -0.268. The van der Waals surface area contributed by atoms with Crippen LogP contribution in [0.3, 0.4) is 0 Å². The normalized spacial score (nSPS) is 13.1. The van der Waals surface area contributed by atoms with Gasteiger partial charge in [-0.25, -0.2) is 0 Å². The van der Waals surface area contributed by atoms with Crippen LogP contribution in [-0.4, -0.2) is 41.2 Å². The van der Waals surface area contributed by atoms with E-state index in [2.05, 4.69) is 4.99 Å². The molecule has 3 N–H and O–H groups in total. The van der Waals surface area contributed by atoms with Crippen molar-refractivity contribution >= 4 is 20.3 Å². The van der Waals surface area contributed by atoms with Crippen molar-refractivity contribution in [3.8, 4) is 0 Å². The van der Waals surface area contributed by atoms with E-state index in [1.165, 1.54) is 6.92 Å². The summed E-state index contributed by atoms with van der Waals surface area (Å²) in [6.45, 7) is 3.66. The Balaban J connectivity index is 3.66. The number of rotatable bonds is 6. The maximum atomic E-state index is 10.7. The van der Waals surface area contributed by atoms with E-state index in [9.17, 15) is 4.79 Å².